The third-order valence-corrected chi connectivity index (χ3v) is 28.0. The van der Waals surface area contributed by atoms with Crippen LogP contribution in [0.2, 0.25) is 0 Å². The van der Waals surface area contributed by atoms with Crippen molar-refractivity contribution in [2.75, 3.05) is 28.2 Å². The SMILES string of the molecule is CC1(C)CC(OC(=O)c2cc(C(=O)OC3CC(C)(C)NC(C)(C)C3)c(C(=O)OC3CC(C)(C)NC(C)(C)C3)cc2C(=O)OC2CC(C)(C)NC(C)(C)C2)CC(C)(C)N1.CN1C(C)(C)CC(OC(=O)c2cc(C(=O)OC3CC(C)(C)N(C)C(C)(C)C3)c(C(=O)OC3CC(C)(C)N(C)C(C)(C)C3)cc2C(=O)OC2CC(C)(C)N(C)C(C)(C)C2)CC1(C)C. The van der Waals surface area contributed by atoms with Crippen molar-refractivity contribution in [3.63, 3.8) is 0 Å². The number of esters is 8. The molecule has 676 valence electrons. The number of rotatable bonds is 16. The Kier molecular flexibility index (Phi) is 27.1. The van der Waals surface area contributed by atoms with Crippen molar-refractivity contribution in [1.29, 1.82) is 0 Å². The molecule has 0 spiro atoms. The van der Waals surface area contributed by atoms with Crippen molar-refractivity contribution >= 4 is 47.8 Å². The third-order valence-electron chi connectivity index (χ3n) is 28.0. The van der Waals surface area contributed by atoms with Crippen molar-refractivity contribution in [2.24, 2.45) is 0 Å². The van der Waals surface area contributed by atoms with Crippen LogP contribution >= 0.6 is 0 Å². The number of likely N-dealkylation sites (tertiary alicyclic amines) is 4. The third kappa shape index (κ3) is 23.5. The Bertz CT molecular complexity index is 3560. The molecule has 8 aliphatic rings. The summed E-state index contributed by atoms with van der Waals surface area (Å²) in [5.41, 5.74) is -6.26. The number of nitrogens with one attached hydrogen (secondary N) is 4. The van der Waals surface area contributed by atoms with E-state index in [0.717, 1.165) is 0 Å². The Labute approximate surface area is 720 Å². The van der Waals surface area contributed by atoms with Gasteiger partial charge in [-0.3, -0.25) is 19.6 Å². The number of carbonyl (C=O) groups is 8. The van der Waals surface area contributed by atoms with Gasteiger partial charge < -0.3 is 59.2 Å². The summed E-state index contributed by atoms with van der Waals surface area (Å²) in [5, 5.41) is 14.4. The number of hydrogen-bond acceptors (Lipinski definition) is 24. The molecule has 4 N–H and O–H groups in total. The van der Waals surface area contributed by atoms with Gasteiger partial charge in [-0.2, -0.15) is 0 Å². The van der Waals surface area contributed by atoms with E-state index in [1.165, 1.54) is 24.3 Å². The van der Waals surface area contributed by atoms with Gasteiger partial charge in [0.05, 0.1) is 44.5 Å². The molecule has 0 saturated carbocycles. The van der Waals surface area contributed by atoms with Gasteiger partial charge in [0.2, 0.25) is 0 Å². The van der Waals surface area contributed by atoms with E-state index in [2.05, 4.69) is 291 Å². The first-order valence-electron chi connectivity index (χ1n) is 44.2. The molecule has 8 saturated heterocycles. The summed E-state index contributed by atoms with van der Waals surface area (Å²) in [5.74, 6) is -6.19. The molecule has 0 aliphatic carbocycles. The van der Waals surface area contributed by atoms with Crippen molar-refractivity contribution in [2.45, 2.75) is 462 Å². The lowest BCUT2D eigenvalue weighted by atomic mass is 9.78. The van der Waals surface area contributed by atoms with Gasteiger partial charge in [0.15, 0.2) is 0 Å². The highest BCUT2D eigenvalue weighted by Gasteiger charge is 2.52. The quantitative estimate of drug-likeness (QED) is 0.0898. The van der Waals surface area contributed by atoms with E-state index < -0.39 is 96.6 Å². The number of carbonyl (C=O) groups excluding carboxylic acids is 8. The van der Waals surface area contributed by atoms with Crippen LogP contribution < -0.4 is 21.3 Å². The normalized spacial score (nSPS) is 26.4. The maximum absolute atomic E-state index is 14.7. The van der Waals surface area contributed by atoms with Gasteiger partial charge in [0, 0.05) is 191 Å². The Morgan fingerprint density at radius 3 is 0.392 bits per heavy atom. The summed E-state index contributed by atoms with van der Waals surface area (Å²) in [6.45, 7) is 66.8. The first-order chi connectivity index (χ1) is 54.1. The van der Waals surface area contributed by atoms with Gasteiger partial charge in [-0.15, -0.1) is 0 Å². The summed E-state index contributed by atoms with van der Waals surface area (Å²) in [6, 6.07) is 5.22. The summed E-state index contributed by atoms with van der Waals surface area (Å²) >= 11 is 0. The molecule has 0 radical (unpaired) electrons. The van der Waals surface area contributed by atoms with Gasteiger partial charge in [-0.25, -0.2) is 38.4 Å². The van der Waals surface area contributed by atoms with Crippen LogP contribution in [0.1, 0.15) is 407 Å². The predicted octanol–water partition coefficient (Wildman–Crippen LogP) is 16.5. The van der Waals surface area contributed by atoms with Gasteiger partial charge in [0.25, 0.3) is 0 Å². The van der Waals surface area contributed by atoms with Crippen molar-refractivity contribution in [1.82, 2.24) is 40.9 Å². The minimum absolute atomic E-state index is 0.148. The number of hydrogen-bond donors (Lipinski definition) is 4. The van der Waals surface area contributed by atoms with E-state index >= 15 is 0 Å². The zero-order valence-electron chi connectivity index (χ0n) is 80.6. The smallest absolute Gasteiger partial charge is 0.339 e. The molecule has 0 atom stereocenters. The summed E-state index contributed by atoms with van der Waals surface area (Å²) in [4.78, 5) is 126. The first-order valence-corrected chi connectivity index (χ1v) is 44.2. The molecule has 0 aromatic heterocycles. The zero-order chi connectivity index (χ0) is 90.8. The summed E-state index contributed by atoms with van der Waals surface area (Å²) in [6.07, 6.45) is 4.84. The van der Waals surface area contributed by atoms with E-state index in [1.54, 1.807) is 0 Å². The highest BCUT2D eigenvalue weighted by Crippen LogP contribution is 2.46. The van der Waals surface area contributed by atoms with Gasteiger partial charge in [-0.1, -0.05) is 0 Å². The van der Waals surface area contributed by atoms with Crippen LogP contribution in [0, 0.1) is 0 Å². The molecule has 8 heterocycles. The van der Waals surface area contributed by atoms with Crippen LogP contribution in [0.3, 0.4) is 0 Å². The van der Waals surface area contributed by atoms with Gasteiger partial charge in [0.1, 0.15) is 48.8 Å². The molecular weight excluding hydrogens is 1520 g/mol. The van der Waals surface area contributed by atoms with Crippen molar-refractivity contribution < 1.29 is 76.3 Å². The largest absolute Gasteiger partial charge is 0.459 e. The molecule has 24 nitrogen and oxygen atoms in total. The summed E-state index contributed by atoms with van der Waals surface area (Å²) in [7, 11) is 8.31. The van der Waals surface area contributed by atoms with E-state index in [4.69, 9.17) is 37.9 Å². The predicted molar refractivity (Wildman–Crippen MR) is 469 cm³/mol. The second kappa shape index (κ2) is 33.3. The van der Waals surface area contributed by atoms with Crippen molar-refractivity contribution in [3.05, 3.63) is 68.8 Å². The minimum Gasteiger partial charge on any atom is -0.459 e. The second-order valence-corrected chi connectivity index (χ2v) is 47.7. The maximum Gasteiger partial charge on any atom is 0.339 e. The number of nitrogens with zero attached hydrogens (tertiary/aromatic N) is 4. The molecule has 10 rings (SSSR count). The fraction of sp³-hybridized carbons (Fsp3) is 0.792. The topological polar surface area (TPSA) is 271 Å². The Morgan fingerprint density at radius 1 is 0.200 bits per heavy atom. The van der Waals surface area contributed by atoms with Gasteiger partial charge >= 0.3 is 47.8 Å². The monoisotopic (exact) mass is 1680 g/mol. The number of ether oxygens (including phenoxy) is 8. The molecule has 0 amide bonds. The van der Waals surface area contributed by atoms with Crippen LogP contribution in [0.25, 0.3) is 0 Å². The fourth-order valence-corrected chi connectivity index (χ4v) is 23.0. The van der Waals surface area contributed by atoms with Crippen molar-refractivity contribution in [3.8, 4) is 0 Å². The molecule has 8 fully saturated rings. The number of benzene rings is 2. The molecule has 120 heavy (non-hydrogen) atoms. The molecule has 0 bridgehead atoms. The Morgan fingerprint density at radius 2 is 0.292 bits per heavy atom. The highest BCUT2D eigenvalue weighted by atomic mass is 16.6. The van der Waals surface area contributed by atoms with E-state index in [-0.39, 0.29) is 133 Å². The molecule has 24 heteroatoms. The first kappa shape index (κ1) is 97.7. The lowest BCUT2D eigenvalue weighted by Gasteiger charge is -2.53. The summed E-state index contributed by atoms with van der Waals surface area (Å²) < 4.78 is 50.2. The average molecular weight is 1680 g/mol. The maximum atomic E-state index is 14.7. The second-order valence-electron chi connectivity index (χ2n) is 47.7. The van der Waals surface area contributed by atoms with E-state index in [9.17, 15) is 38.4 Å². The molecule has 2 aromatic rings. The standard InChI is InChI=1S/C50H82N4O8.C46H74N4O8/c1-43(2)23-31(24-44(3,4)51(43)17)59-39(55)35-21-37(41(57)61-33-27-47(9,10)53(19)48(11,12)28-33)38(42(58)62-34-29-49(13,14)54(20)50(15,16)30-34)22-36(35)40(56)60-32-25-45(5,6)52(18)46(7,8)26-32;1-39(2)19-27(20-40(3,4)47-39)55-35(51)31-17-33(37(53)57-29-23-43(9,10)49-44(11,12)24-29)34(38(54)58-30-25-45(13,14)50-46(15,16)26-30)18-32(31)36(52)56-28-21-41(5,6)48-42(7,8)22-28/h21-22,31-34H,23-30H2,1-20H3;17-18,27-30,47-50H,19-26H2,1-16H3. The lowest BCUT2D eigenvalue weighted by molar-refractivity contribution is -0.0756. The van der Waals surface area contributed by atoms with Crippen LogP contribution in [0.5, 0.6) is 0 Å². The molecule has 2 aromatic carbocycles. The zero-order valence-corrected chi connectivity index (χ0v) is 80.6. The Hall–Kier alpha value is -6.12. The van der Waals surface area contributed by atoms with Crippen LogP contribution in [0.15, 0.2) is 24.3 Å². The van der Waals surface area contributed by atoms with Crippen LogP contribution in [-0.2, 0) is 37.9 Å². The molecule has 8 aliphatic heterocycles. The van der Waals surface area contributed by atoms with E-state index in [1.807, 2.05) is 0 Å². The average Bonchev–Trinajstić information content (AvgIpc) is 0.874. The van der Waals surface area contributed by atoms with Gasteiger partial charge in [-0.05, 0) is 274 Å². The molecular formula is C96H156N8O16. The van der Waals surface area contributed by atoms with Crippen LogP contribution in [0.4, 0.5) is 0 Å². The number of piperidine rings is 8. The van der Waals surface area contributed by atoms with Crippen LogP contribution in [-0.4, -0.2) is 233 Å². The Balaban J connectivity index is 0.000000274. The minimum atomic E-state index is -0.781. The fourth-order valence-electron chi connectivity index (χ4n) is 23.0. The highest BCUT2D eigenvalue weighted by molar-refractivity contribution is 6.12. The lowest BCUT2D eigenvalue weighted by Crippen LogP contribution is -2.60. The van der Waals surface area contributed by atoms with E-state index in [0.29, 0.717) is 103 Å². The molecule has 0 unspecified atom stereocenters.